The molecule has 0 radical (unpaired) electrons. The minimum atomic E-state index is -2.91. The van der Waals surface area contributed by atoms with Gasteiger partial charge in [0.05, 0.1) is 17.4 Å². The van der Waals surface area contributed by atoms with Gasteiger partial charge in [0.25, 0.3) is 11.8 Å². The van der Waals surface area contributed by atoms with Gasteiger partial charge in [-0.25, -0.2) is 13.2 Å². The quantitative estimate of drug-likeness (QED) is 0.426. The van der Waals surface area contributed by atoms with Crippen LogP contribution in [0.4, 0.5) is 24.5 Å². The maximum atomic E-state index is 14.5. The molecule has 5 rings (SSSR count). The maximum absolute atomic E-state index is 14.5. The lowest BCUT2D eigenvalue weighted by atomic mass is 9.87. The molecule has 0 unspecified atom stereocenters. The highest BCUT2D eigenvalue weighted by Gasteiger charge is 2.48. The van der Waals surface area contributed by atoms with Crippen LogP contribution in [0.3, 0.4) is 0 Å². The molecule has 2 atom stereocenters. The standard InChI is InChI=1S/C29H23ClF3N5O3/c30-23-7-2-1-6-22(23)26(27(40)36-19-12-29(32,33)13-19)38(20-5-3-4-18(31)11-20)28(41)24-8-9-25(39)37(24)21-10-17(14-34)15-35-16-21/h1-7,10-11,15-16,19,24,26H,8-9,12-13H2,(H,36,40)/t24-,26+/m0/s1. The molecule has 1 aliphatic carbocycles. The van der Waals surface area contributed by atoms with Gasteiger partial charge in [0, 0.05) is 47.8 Å². The first-order valence-corrected chi connectivity index (χ1v) is 13.1. The van der Waals surface area contributed by atoms with Crippen molar-refractivity contribution in [2.75, 3.05) is 9.80 Å². The maximum Gasteiger partial charge on any atom is 0.252 e. The Morgan fingerprint density at radius 1 is 1.15 bits per heavy atom. The first kappa shape index (κ1) is 28.1. The first-order valence-electron chi connectivity index (χ1n) is 12.8. The van der Waals surface area contributed by atoms with Gasteiger partial charge < -0.3 is 5.32 Å². The van der Waals surface area contributed by atoms with E-state index in [4.69, 9.17) is 11.6 Å². The highest BCUT2D eigenvalue weighted by atomic mass is 35.5. The number of nitrogens with one attached hydrogen (secondary N) is 1. The molecule has 3 amide bonds. The largest absolute Gasteiger partial charge is 0.351 e. The molecule has 2 aliphatic rings. The summed E-state index contributed by atoms with van der Waals surface area (Å²) >= 11 is 6.49. The summed E-state index contributed by atoms with van der Waals surface area (Å²) in [5.74, 6) is -5.53. The van der Waals surface area contributed by atoms with Crippen LogP contribution in [0, 0.1) is 17.1 Å². The van der Waals surface area contributed by atoms with Crippen molar-refractivity contribution >= 4 is 40.7 Å². The van der Waals surface area contributed by atoms with Crippen LogP contribution in [0.25, 0.3) is 0 Å². The molecule has 1 saturated heterocycles. The highest BCUT2D eigenvalue weighted by Crippen LogP contribution is 2.40. The zero-order valence-corrected chi connectivity index (χ0v) is 22.2. The molecule has 2 heterocycles. The minimum Gasteiger partial charge on any atom is -0.351 e. The Bertz CT molecular complexity index is 1550. The van der Waals surface area contributed by atoms with Crippen LogP contribution in [0.5, 0.6) is 0 Å². The van der Waals surface area contributed by atoms with Crippen LogP contribution in [0.2, 0.25) is 5.02 Å². The van der Waals surface area contributed by atoms with Crippen LogP contribution >= 0.6 is 11.6 Å². The van der Waals surface area contributed by atoms with Crippen LogP contribution in [0.15, 0.2) is 67.0 Å². The van der Waals surface area contributed by atoms with Gasteiger partial charge in [0.2, 0.25) is 11.8 Å². The number of hydrogen-bond acceptors (Lipinski definition) is 5. The molecule has 2 aromatic carbocycles. The molecule has 2 fully saturated rings. The number of alkyl halides is 2. The Hall–Kier alpha value is -4.43. The second kappa shape index (κ2) is 11.2. The van der Waals surface area contributed by atoms with E-state index in [0.717, 1.165) is 17.0 Å². The van der Waals surface area contributed by atoms with Gasteiger partial charge in [-0.15, -0.1) is 0 Å². The number of nitriles is 1. The molecule has 12 heteroatoms. The van der Waals surface area contributed by atoms with Gasteiger partial charge in [-0.05, 0) is 36.8 Å². The molecule has 3 aromatic rings. The Labute approximate surface area is 238 Å². The number of anilines is 2. The Morgan fingerprint density at radius 3 is 2.59 bits per heavy atom. The van der Waals surface area contributed by atoms with Crippen LogP contribution < -0.4 is 15.1 Å². The highest BCUT2D eigenvalue weighted by molar-refractivity contribution is 6.31. The first-order chi connectivity index (χ1) is 19.6. The van der Waals surface area contributed by atoms with Gasteiger partial charge in [-0.3, -0.25) is 29.2 Å². The van der Waals surface area contributed by atoms with E-state index in [1.807, 2.05) is 6.07 Å². The zero-order valence-electron chi connectivity index (χ0n) is 21.4. The summed E-state index contributed by atoms with van der Waals surface area (Å²) in [5, 5.41) is 12.0. The summed E-state index contributed by atoms with van der Waals surface area (Å²) in [6.07, 6.45) is 1.58. The molecule has 1 aliphatic heterocycles. The monoisotopic (exact) mass is 581 g/mol. The van der Waals surface area contributed by atoms with Crippen molar-refractivity contribution in [2.45, 2.75) is 49.7 Å². The number of carbonyl (C=O) groups excluding carboxylic acids is 3. The van der Waals surface area contributed by atoms with E-state index in [9.17, 15) is 32.8 Å². The topological polar surface area (TPSA) is 106 Å². The van der Waals surface area contributed by atoms with E-state index in [0.29, 0.717) is 0 Å². The SMILES string of the molecule is N#Cc1cncc(N2C(=O)CC[C@H]2C(=O)N(c2cccc(F)c2)[C@@H](C(=O)NC2CC(F)(F)C2)c2ccccc2Cl)c1. The average molecular weight is 582 g/mol. The van der Waals surface area contributed by atoms with E-state index < -0.39 is 60.4 Å². The van der Waals surface area contributed by atoms with Crippen molar-refractivity contribution in [2.24, 2.45) is 0 Å². The van der Waals surface area contributed by atoms with Crippen LogP contribution in [0.1, 0.15) is 42.9 Å². The number of pyridine rings is 1. The normalized spacial score (nSPS) is 18.8. The minimum absolute atomic E-state index is 0.00258. The number of halogens is 4. The molecule has 0 bridgehead atoms. The third-order valence-electron chi connectivity index (χ3n) is 7.09. The lowest BCUT2D eigenvalue weighted by Crippen LogP contribution is -2.56. The smallest absolute Gasteiger partial charge is 0.252 e. The summed E-state index contributed by atoms with van der Waals surface area (Å²) in [6, 6.07) is 11.1. The molecular formula is C29H23ClF3N5O3. The molecular weight excluding hydrogens is 559 g/mol. The molecule has 41 heavy (non-hydrogen) atoms. The predicted octanol–water partition coefficient (Wildman–Crippen LogP) is 4.93. The van der Waals surface area contributed by atoms with E-state index in [1.54, 1.807) is 12.1 Å². The van der Waals surface area contributed by atoms with Crippen molar-refractivity contribution in [3.8, 4) is 6.07 Å². The fourth-order valence-electron chi connectivity index (χ4n) is 5.19. The van der Waals surface area contributed by atoms with Crippen molar-refractivity contribution in [3.63, 3.8) is 0 Å². The summed E-state index contributed by atoms with van der Waals surface area (Å²) in [4.78, 5) is 47.5. The van der Waals surface area contributed by atoms with Crippen LogP contribution in [-0.4, -0.2) is 40.7 Å². The van der Waals surface area contributed by atoms with E-state index >= 15 is 0 Å². The van der Waals surface area contributed by atoms with Gasteiger partial charge in [0.1, 0.15) is 24.0 Å². The second-order valence-electron chi connectivity index (χ2n) is 9.94. The number of nitrogens with zero attached hydrogens (tertiary/aromatic N) is 4. The summed E-state index contributed by atoms with van der Waals surface area (Å²) < 4.78 is 41.7. The summed E-state index contributed by atoms with van der Waals surface area (Å²) in [6.45, 7) is 0. The van der Waals surface area contributed by atoms with Crippen LogP contribution in [-0.2, 0) is 14.4 Å². The van der Waals surface area contributed by atoms with Gasteiger partial charge in [-0.2, -0.15) is 5.26 Å². The fourth-order valence-corrected chi connectivity index (χ4v) is 5.43. The van der Waals surface area contributed by atoms with Crippen molar-refractivity contribution in [3.05, 3.63) is 89.0 Å². The average Bonchev–Trinajstić information content (AvgIpc) is 3.32. The molecule has 0 spiro atoms. The van der Waals surface area contributed by atoms with Gasteiger partial charge in [0.15, 0.2) is 0 Å². The predicted molar refractivity (Wildman–Crippen MR) is 144 cm³/mol. The van der Waals surface area contributed by atoms with E-state index in [2.05, 4.69) is 10.3 Å². The number of aromatic nitrogens is 1. The summed E-state index contributed by atoms with van der Waals surface area (Å²) in [5.41, 5.74) is 0.553. The molecule has 210 valence electrons. The number of rotatable bonds is 7. The molecule has 1 aromatic heterocycles. The molecule has 1 saturated carbocycles. The lowest BCUT2D eigenvalue weighted by Gasteiger charge is -2.39. The Kier molecular flexibility index (Phi) is 7.69. The summed E-state index contributed by atoms with van der Waals surface area (Å²) in [7, 11) is 0. The van der Waals surface area contributed by atoms with Crippen molar-refractivity contribution in [1.29, 1.82) is 5.26 Å². The fraction of sp³-hybridized carbons (Fsp3) is 0.276. The molecule has 1 N–H and O–H groups in total. The number of carbonyl (C=O) groups is 3. The third kappa shape index (κ3) is 5.74. The number of benzene rings is 2. The lowest BCUT2D eigenvalue weighted by molar-refractivity contribution is -0.133. The third-order valence-corrected chi connectivity index (χ3v) is 7.44. The second-order valence-corrected chi connectivity index (χ2v) is 10.4. The van der Waals surface area contributed by atoms with Crippen molar-refractivity contribution in [1.82, 2.24) is 10.3 Å². The van der Waals surface area contributed by atoms with E-state index in [-0.39, 0.29) is 40.4 Å². The Balaban J connectivity index is 1.61. The Morgan fingerprint density at radius 2 is 1.90 bits per heavy atom. The number of hydrogen-bond donors (Lipinski definition) is 1. The zero-order chi connectivity index (χ0) is 29.3. The van der Waals surface area contributed by atoms with Gasteiger partial charge >= 0.3 is 0 Å². The van der Waals surface area contributed by atoms with Gasteiger partial charge in [-0.1, -0.05) is 35.9 Å². The molecule has 8 nitrogen and oxygen atoms in total. The number of amides is 3. The van der Waals surface area contributed by atoms with E-state index in [1.165, 1.54) is 47.6 Å². The van der Waals surface area contributed by atoms with Crippen molar-refractivity contribution < 1.29 is 27.6 Å².